The zero-order valence-corrected chi connectivity index (χ0v) is 11.9. The number of benzene rings is 1. The summed E-state index contributed by atoms with van der Waals surface area (Å²) in [5.74, 6) is 0.301. The Labute approximate surface area is 109 Å². The molecule has 0 saturated carbocycles. The molecule has 0 aromatic heterocycles. The Morgan fingerprint density at radius 2 is 1.94 bits per heavy atom. The van der Waals surface area contributed by atoms with Crippen LogP contribution < -0.4 is 0 Å². The Bertz CT molecular complexity index is 375. The standard InChI is InChI=1S/C12H17NO3.C2H6/c1-9(2)11-5-4-10(6-7-16-3)12(8-11)13(14)15;1-2/h4-5,8-9H,6-7H2,1-3H3;1-2H3. The largest absolute Gasteiger partial charge is 0.384 e. The number of rotatable bonds is 5. The van der Waals surface area contributed by atoms with Crippen molar-refractivity contribution in [3.8, 4) is 0 Å². The first-order chi connectivity index (χ1) is 8.56. The van der Waals surface area contributed by atoms with E-state index in [9.17, 15) is 10.1 Å². The zero-order valence-electron chi connectivity index (χ0n) is 11.9. The Morgan fingerprint density at radius 3 is 2.39 bits per heavy atom. The summed E-state index contributed by atoms with van der Waals surface area (Å²) < 4.78 is 4.94. The van der Waals surface area contributed by atoms with Gasteiger partial charge in [0.2, 0.25) is 0 Å². The van der Waals surface area contributed by atoms with Gasteiger partial charge in [-0.3, -0.25) is 10.1 Å². The van der Waals surface area contributed by atoms with Crippen molar-refractivity contribution in [2.24, 2.45) is 0 Å². The van der Waals surface area contributed by atoms with Gasteiger partial charge in [-0.2, -0.15) is 0 Å². The Balaban J connectivity index is 0.00000137. The number of hydrogen-bond acceptors (Lipinski definition) is 3. The molecular weight excluding hydrogens is 230 g/mol. The van der Waals surface area contributed by atoms with Gasteiger partial charge in [-0.15, -0.1) is 0 Å². The molecule has 0 amide bonds. The van der Waals surface area contributed by atoms with E-state index in [0.29, 0.717) is 18.9 Å². The number of nitro groups is 1. The van der Waals surface area contributed by atoms with Gasteiger partial charge in [0, 0.05) is 25.2 Å². The second-order valence-electron chi connectivity index (χ2n) is 4.04. The SMILES string of the molecule is CC.COCCc1ccc(C(C)C)cc1[N+](=O)[O-]. The monoisotopic (exact) mass is 253 g/mol. The summed E-state index contributed by atoms with van der Waals surface area (Å²) in [6, 6.07) is 5.44. The van der Waals surface area contributed by atoms with Crippen LogP contribution in [-0.2, 0) is 11.2 Å². The highest BCUT2D eigenvalue weighted by atomic mass is 16.6. The Kier molecular flexibility index (Phi) is 7.96. The van der Waals surface area contributed by atoms with E-state index < -0.39 is 0 Å². The third-order valence-electron chi connectivity index (χ3n) is 2.55. The molecule has 0 spiro atoms. The van der Waals surface area contributed by atoms with Crippen LogP contribution in [0.25, 0.3) is 0 Å². The van der Waals surface area contributed by atoms with Crippen molar-refractivity contribution in [1.29, 1.82) is 0 Å². The molecule has 18 heavy (non-hydrogen) atoms. The number of nitrogens with zero attached hydrogens (tertiary/aromatic N) is 1. The van der Waals surface area contributed by atoms with Crippen molar-refractivity contribution in [2.75, 3.05) is 13.7 Å². The normalized spacial score (nSPS) is 9.89. The van der Waals surface area contributed by atoms with Crippen LogP contribution in [0.1, 0.15) is 44.7 Å². The average Bonchev–Trinajstić information content (AvgIpc) is 2.38. The topological polar surface area (TPSA) is 52.4 Å². The second-order valence-corrected chi connectivity index (χ2v) is 4.04. The maximum Gasteiger partial charge on any atom is 0.272 e. The zero-order chi connectivity index (χ0) is 14.1. The third kappa shape index (κ3) is 4.84. The molecule has 4 heteroatoms. The number of hydrogen-bond donors (Lipinski definition) is 0. The Morgan fingerprint density at radius 1 is 1.33 bits per heavy atom. The molecule has 1 rings (SSSR count). The van der Waals surface area contributed by atoms with Crippen LogP contribution in [0.2, 0.25) is 0 Å². The van der Waals surface area contributed by atoms with Crippen LogP contribution in [0.3, 0.4) is 0 Å². The van der Waals surface area contributed by atoms with Gasteiger partial charge in [0.25, 0.3) is 5.69 Å². The summed E-state index contributed by atoms with van der Waals surface area (Å²) in [6.45, 7) is 8.55. The molecule has 102 valence electrons. The summed E-state index contributed by atoms with van der Waals surface area (Å²) in [7, 11) is 1.59. The maximum atomic E-state index is 10.9. The van der Waals surface area contributed by atoms with E-state index in [-0.39, 0.29) is 10.6 Å². The number of ether oxygens (including phenoxy) is 1. The smallest absolute Gasteiger partial charge is 0.272 e. The van der Waals surface area contributed by atoms with Gasteiger partial charge in [0.15, 0.2) is 0 Å². The van der Waals surface area contributed by atoms with Gasteiger partial charge >= 0.3 is 0 Å². The fourth-order valence-electron chi connectivity index (χ4n) is 1.53. The molecule has 0 heterocycles. The van der Waals surface area contributed by atoms with Crippen molar-refractivity contribution in [3.05, 3.63) is 39.4 Å². The van der Waals surface area contributed by atoms with Gasteiger partial charge in [-0.1, -0.05) is 39.8 Å². The van der Waals surface area contributed by atoms with Crippen LogP contribution in [0.5, 0.6) is 0 Å². The Hall–Kier alpha value is -1.42. The lowest BCUT2D eigenvalue weighted by atomic mass is 9.99. The molecule has 0 bridgehead atoms. The predicted octanol–water partition coefficient (Wildman–Crippen LogP) is 3.93. The summed E-state index contributed by atoms with van der Waals surface area (Å²) in [6.07, 6.45) is 0.575. The molecule has 0 aliphatic rings. The van der Waals surface area contributed by atoms with Crippen molar-refractivity contribution < 1.29 is 9.66 Å². The van der Waals surface area contributed by atoms with E-state index in [1.165, 1.54) is 0 Å². The number of nitro benzene ring substituents is 1. The van der Waals surface area contributed by atoms with Crippen molar-refractivity contribution in [3.63, 3.8) is 0 Å². The maximum absolute atomic E-state index is 10.9. The first-order valence-electron chi connectivity index (χ1n) is 6.32. The summed E-state index contributed by atoms with van der Waals surface area (Å²) >= 11 is 0. The molecule has 0 unspecified atom stereocenters. The first kappa shape index (κ1) is 16.6. The van der Waals surface area contributed by atoms with E-state index in [1.807, 2.05) is 39.8 Å². The van der Waals surface area contributed by atoms with Crippen molar-refractivity contribution >= 4 is 5.69 Å². The lowest BCUT2D eigenvalue weighted by Crippen LogP contribution is -2.01. The lowest BCUT2D eigenvalue weighted by Gasteiger charge is -2.08. The van der Waals surface area contributed by atoms with Crippen LogP contribution in [0.15, 0.2) is 18.2 Å². The van der Waals surface area contributed by atoms with E-state index in [0.717, 1.165) is 11.1 Å². The van der Waals surface area contributed by atoms with E-state index in [2.05, 4.69) is 0 Å². The minimum atomic E-state index is -0.323. The molecule has 1 aromatic rings. The van der Waals surface area contributed by atoms with E-state index in [1.54, 1.807) is 13.2 Å². The molecule has 0 fully saturated rings. The van der Waals surface area contributed by atoms with Gasteiger partial charge < -0.3 is 4.74 Å². The molecule has 0 radical (unpaired) electrons. The van der Waals surface area contributed by atoms with E-state index >= 15 is 0 Å². The highest BCUT2D eigenvalue weighted by Crippen LogP contribution is 2.25. The summed E-state index contributed by atoms with van der Waals surface area (Å²) in [5, 5.41) is 10.9. The molecular formula is C14H23NO3. The van der Waals surface area contributed by atoms with Crippen molar-refractivity contribution in [1.82, 2.24) is 0 Å². The molecule has 0 atom stereocenters. The molecule has 0 N–H and O–H groups in total. The van der Waals surface area contributed by atoms with Gasteiger partial charge in [0.1, 0.15) is 0 Å². The predicted molar refractivity (Wildman–Crippen MR) is 74.1 cm³/mol. The first-order valence-corrected chi connectivity index (χ1v) is 6.32. The van der Waals surface area contributed by atoms with Crippen LogP contribution in [0, 0.1) is 10.1 Å². The van der Waals surface area contributed by atoms with Gasteiger partial charge in [-0.05, 0) is 11.5 Å². The second kappa shape index (κ2) is 8.64. The average molecular weight is 253 g/mol. The van der Waals surface area contributed by atoms with E-state index in [4.69, 9.17) is 4.74 Å². The summed E-state index contributed by atoms with van der Waals surface area (Å²) in [4.78, 5) is 10.6. The summed E-state index contributed by atoms with van der Waals surface area (Å²) in [5.41, 5.74) is 1.92. The van der Waals surface area contributed by atoms with Gasteiger partial charge in [-0.25, -0.2) is 0 Å². The lowest BCUT2D eigenvalue weighted by molar-refractivity contribution is -0.385. The molecule has 0 aliphatic heterocycles. The highest BCUT2D eigenvalue weighted by molar-refractivity contribution is 5.44. The fraction of sp³-hybridized carbons (Fsp3) is 0.571. The quantitative estimate of drug-likeness (QED) is 0.590. The molecule has 4 nitrogen and oxygen atoms in total. The molecule has 0 saturated heterocycles. The van der Waals surface area contributed by atoms with Crippen molar-refractivity contribution in [2.45, 2.75) is 40.0 Å². The fourth-order valence-corrected chi connectivity index (χ4v) is 1.53. The van der Waals surface area contributed by atoms with Gasteiger partial charge in [0.05, 0.1) is 11.5 Å². The highest BCUT2D eigenvalue weighted by Gasteiger charge is 2.15. The minimum absolute atomic E-state index is 0.197. The number of methoxy groups -OCH3 is 1. The van der Waals surface area contributed by atoms with Crippen LogP contribution in [0.4, 0.5) is 5.69 Å². The molecule has 0 aliphatic carbocycles. The molecule has 1 aromatic carbocycles. The minimum Gasteiger partial charge on any atom is -0.384 e. The van der Waals surface area contributed by atoms with Crippen LogP contribution in [-0.4, -0.2) is 18.6 Å². The van der Waals surface area contributed by atoms with Crippen LogP contribution >= 0.6 is 0 Å². The third-order valence-corrected chi connectivity index (χ3v) is 2.55.